The molecular formula is C20H23N5O2S. The summed E-state index contributed by atoms with van der Waals surface area (Å²) in [7, 11) is 0. The lowest BCUT2D eigenvalue weighted by Gasteiger charge is -2.33. The average molecular weight is 398 g/mol. The topological polar surface area (TPSA) is 78.4 Å². The number of aromatic nitrogens is 2. The van der Waals surface area contributed by atoms with Crippen LogP contribution >= 0.6 is 11.8 Å². The number of hydrogen-bond donors (Lipinski definition) is 1. The molecule has 2 aromatic rings. The van der Waals surface area contributed by atoms with E-state index in [0.717, 1.165) is 31.9 Å². The number of hydrogen-bond acceptors (Lipinski definition) is 6. The van der Waals surface area contributed by atoms with Crippen molar-refractivity contribution < 1.29 is 9.59 Å². The SMILES string of the molecule is O=C(NC1CCN(c2ncccn2)CC1)C1CSCN1C(=O)c1ccccc1. The van der Waals surface area contributed by atoms with E-state index in [1.807, 2.05) is 18.2 Å². The van der Waals surface area contributed by atoms with E-state index in [-0.39, 0.29) is 17.9 Å². The summed E-state index contributed by atoms with van der Waals surface area (Å²) < 4.78 is 0. The van der Waals surface area contributed by atoms with Crippen molar-refractivity contribution in [2.45, 2.75) is 24.9 Å². The standard InChI is InChI=1S/C20H23N5O2S/c26-18(17-13-28-14-25(17)19(27)15-5-2-1-3-6-15)23-16-7-11-24(12-8-16)20-21-9-4-10-22-20/h1-6,9-10,16-17H,7-8,11-14H2,(H,23,26). The Morgan fingerprint density at radius 1 is 1.04 bits per heavy atom. The van der Waals surface area contributed by atoms with E-state index >= 15 is 0 Å². The Kier molecular flexibility index (Phi) is 5.76. The van der Waals surface area contributed by atoms with E-state index < -0.39 is 6.04 Å². The van der Waals surface area contributed by atoms with E-state index in [1.54, 1.807) is 47.3 Å². The molecule has 0 radical (unpaired) electrons. The Balaban J connectivity index is 1.33. The molecule has 2 aliphatic rings. The highest BCUT2D eigenvalue weighted by atomic mass is 32.2. The van der Waals surface area contributed by atoms with Gasteiger partial charge >= 0.3 is 0 Å². The van der Waals surface area contributed by atoms with Crippen molar-refractivity contribution in [3.63, 3.8) is 0 Å². The van der Waals surface area contributed by atoms with E-state index in [2.05, 4.69) is 20.2 Å². The van der Waals surface area contributed by atoms with Crippen LogP contribution in [0.15, 0.2) is 48.8 Å². The number of amides is 2. The second-order valence-electron chi connectivity index (χ2n) is 6.98. The van der Waals surface area contributed by atoms with Crippen molar-refractivity contribution in [2.24, 2.45) is 0 Å². The quantitative estimate of drug-likeness (QED) is 0.847. The fraction of sp³-hybridized carbons (Fsp3) is 0.400. The molecule has 1 aromatic heterocycles. The molecule has 7 nitrogen and oxygen atoms in total. The summed E-state index contributed by atoms with van der Waals surface area (Å²) in [5.41, 5.74) is 0.624. The van der Waals surface area contributed by atoms with Crippen LogP contribution in [0.1, 0.15) is 23.2 Å². The van der Waals surface area contributed by atoms with Gasteiger partial charge in [-0.1, -0.05) is 18.2 Å². The van der Waals surface area contributed by atoms with Crippen molar-refractivity contribution in [1.29, 1.82) is 0 Å². The number of thioether (sulfide) groups is 1. The van der Waals surface area contributed by atoms with E-state index in [4.69, 9.17) is 0 Å². The van der Waals surface area contributed by atoms with Crippen LogP contribution in [-0.4, -0.2) is 63.5 Å². The van der Waals surface area contributed by atoms with Crippen molar-refractivity contribution >= 4 is 29.5 Å². The number of benzene rings is 1. The van der Waals surface area contributed by atoms with Crippen molar-refractivity contribution in [3.8, 4) is 0 Å². The number of carbonyl (C=O) groups excluding carboxylic acids is 2. The van der Waals surface area contributed by atoms with Gasteiger partial charge in [-0.3, -0.25) is 9.59 Å². The predicted octanol–water partition coefficient (Wildman–Crippen LogP) is 1.78. The molecule has 2 amide bonds. The fourth-order valence-corrected chi connectivity index (χ4v) is 4.74. The summed E-state index contributed by atoms with van der Waals surface area (Å²) in [5.74, 6) is 1.79. The molecule has 146 valence electrons. The van der Waals surface area contributed by atoms with Crippen LogP contribution in [0.2, 0.25) is 0 Å². The van der Waals surface area contributed by atoms with Crippen molar-refractivity contribution in [2.75, 3.05) is 29.6 Å². The first-order valence-electron chi connectivity index (χ1n) is 9.48. The molecule has 1 atom stereocenters. The summed E-state index contributed by atoms with van der Waals surface area (Å²) in [5, 5.41) is 3.16. The zero-order chi connectivity index (χ0) is 19.3. The van der Waals surface area contributed by atoms with Gasteiger partial charge in [0.05, 0.1) is 5.88 Å². The number of piperidine rings is 1. The van der Waals surface area contributed by atoms with E-state index in [9.17, 15) is 9.59 Å². The highest BCUT2D eigenvalue weighted by molar-refractivity contribution is 7.99. The van der Waals surface area contributed by atoms with Crippen LogP contribution < -0.4 is 10.2 Å². The minimum atomic E-state index is -0.409. The summed E-state index contributed by atoms with van der Waals surface area (Å²) in [6, 6.07) is 10.7. The molecule has 0 spiro atoms. The molecule has 3 heterocycles. The third kappa shape index (κ3) is 4.11. The van der Waals surface area contributed by atoms with Gasteiger partial charge in [-0.2, -0.15) is 0 Å². The highest BCUT2D eigenvalue weighted by Crippen LogP contribution is 2.24. The maximum atomic E-state index is 12.9. The first-order chi connectivity index (χ1) is 13.7. The average Bonchev–Trinajstić information content (AvgIpc) is 3.25. The molecule has 2 saturated heterocycles. The van der Waals surface area contributed by atoms with Crippen LogP contribution in [0.4, 0.5) is 5.95 Å². The predicted molar refractivity (Wildman–Crippen MR) is 109 cm³/mol. The van der Waals surface area contributed by atoms with Crippen LogP contribution in [-0.2, 0) is 4.79 Å². The number of nitrogens with one attached hydrogen (secondary N) is 1. The fourth-order valence-electron chi connectivity index (χ4n) is 3.58. The summed E-state index contributed by atoms with van der Waals surface area (Å²) in [6.45, 7) is 1.61. The Hall–Kier alpha value is -2.61. The minimum Gasteiger partial charge on any atom is -0.351 e. The zero-order valence-corrected chi connectivity index (χ0v) is 16.3. The van der Waals surface area contributed by atoms with Gasteiger partial charge in [0.1, 0.15) is 6.04 Å². The van der Waals surface area contributed by atoms with Gasteiger partial charge in [0.15, 0.2) is 0 Å². The van der Waals surface area contributed by atoms with E-state index in [1.165, 1.54) is 0 Å². The molecule has 0 bridgehead atoms. The number of rotatable bonds is 4. The van der Waals surface area contributed by atoms with Gasteiger partial charge in [-0.05, 0) is 31.0 Å². The molecule has 2 fully saturated rings. The molecule has 0 saturated carbocycles. The van der Waals surface area contributed by atoms with Crippen LogP contribution in [0.5, 0.6) is 0 Å². The summed E-state index contributed by atoms with van der Waals surface area (Å²) in [6.07, 6.45) is 5.17. The smallest absolute Gasteiger partial charge is 0.255 e. The lowest BCUT2D eigenvalue weighted by Crippen LogP contribution is -2.52. The second-order valence-corrected chi connectivity index (χ2v) is 7.98. The van der Waals surface area contributed by atoms with E-state index in [0.29, 0.717) is 17.2 Å². The Labute approximate surface area is 168 Å². The maximum Gasteiger partial charge on any atom is 0.255 e. The molecule has 28 heavy (non-hydrogen) atoms. The molecule has 2 aliphatic heterocycles. The first-order valence-corrected chi connectivity index (χ1v) is 10.6. The number of nitrogens with zero attached hydrogens (tertiary/aromatic N) is 4. The third-order valence-corrected chi connectivity index (χ3v) is 6.16. The van der Waals surface area contributed by atoms with Gasteiger partial charge in [-0.25, -0.2) is 9.97 Å². The normalized spacial score (nSPS) is 20.2. The first kappa shape index (κ1) is 18.7. The lowest BCUT2D eigenvalue weighted by atomic mass is 10.0. The van der Waals surface area contributed by atoms with Gasteiger partial charge in [0, 0.05) is 42.8 Å². The second kappa shape index (κ2) is 8.60. The Bertz CT molecular complexity index is 812. The van der Waals surface area contributed by atoms with Crippen LogP contribution in [0.25, 0.3) is 0 Å². The Morgan fingerprint density at radius 3 is 2.46 bits per heavy atom. The monoisotopic (exact) mass is 397 g/mol. The molecule has 1 aromatic carbocycles. The number of carbonyl (C=O) groups is 2. The van der Waals surface area contributed by atoms with Gasteiger partial charge in [0.25, 0.3) is 5.91 Å². The molecule has 0 aliphatic carbocycles. The summed E-state index contributed by atoms with van der Waals surface area (Å²) in [4.78, 5) is 38.0. The van der Waals surface area contributed by atoms with Gasteiger partial charge < -0.3 is 15.1 Å². The maximum absolute atomic E-state index is 12.9. The van der Waals surface area contributed by atoms with Gasteiger partial charge in [0.2, 0.25) is 11.9 Å². The Morgan fingerprint density at radius 2 is 1.75 bits per heavy atom. The highest BCUT2D eigenvalue weighted by Gasteiger charge is 2.36. The third-order valence-electron chi connectivity index (χ3n) is 5.14. The molecular weight excluding hydrogens is 374 g/mol. The van der Waals surface area contributed by atoms with Crippen LogP contribution in [0.3, 0.4) is 0 Å². The minimum absolute atomic E-state index is 0.0521. The van der Waals surface area contributed by atoms with Crippen LogP contribution in [0, 0.1) is 0 Å². The van der Waals surface area contributed by atoms with Gasteiger partial charge in [-0.15, -0.1) is 11.8 Å². The molecule has 1 N–H and O–H groups in total. The molecule has 4 rings (SSSR count). The van der Waals surface area contributed by atoms with Crippen molar-refractivity contribution in [3.05, 3.63) is 54.4 Å². The zero-order valence-electron chi connectivity index (χ0n) is 15.5. The molecule has 1 unspecified atom stereocenters. The molecule has 8 heteroatoms. The lowest BCUT2D eigenvalue weighted by molar-refractivity contribution is -0.125. The number of anilines is 1. The van der Waals surface area contributed by atoms with Crippen molar-refractivity contribution in [1.82, 2.24) is 20.2 Å². The summed E-state index contributed by atoms with van der Waals surface area (Å²) >= 11 is 1.62. The largest absolute Gasteiger partial charge is 0.351 e.